The Balaban J connectivity index is 1.77. The van der Waals surface area contributed by atoms with Gasteiger partial charge in [-0.05, 0) is 31.0 Å². The molecule has 9 nitrogen and oxygen atoms in total. The van der Waals surface area contributed by atoms with Crippen molar-refractivity contribution < 1.29 is 35.9 Å². The summed E-state index contributed by atoms with van der Waals surface area (Å²) < 4.78 is 85.4. The molecule has 0 saturated carbocycles. The number of amides is 2. The molecule has 0 aromatic carbocycles. The Hall–Kier alpha value is -3.91. The maximum absolute atomic E-state index is 13.3. The van der Waals surface area contributed by atoms with Gasteiger partial charge in [0.05, 0.1) is 36.3 Å². The molecule has 0 unspecified atom stereocenters. The zero-order valence-corrected chi connectivity index (χ0v) is 19.5. The highest BCUT2D eigenvalue weighted by Gasteiger charge is 2.38. The average molecular weight is 517 g/mol. The Morgan fingerprint density at radius 1 is 1.11 bits per heavy atom. The zero-order valence-electron chi connectivity index (χ0n) is 19.5. The fourth-order valence-electron chi connectivity index (χ4n) is 3.42. The van der Waals surface area contributed by atoms with E-state index < -0.39 is 29.8 Å². The number of urea groups is 1. The van der Waals surface area contributed by atoms with Crippen molar-refractivity contribution in [3.05, 3.63) is 46.5 Å². The molecule has 3 heterocycles. The molecule has 3 aromatic rings. The molecule has 3 aromatic heterocycles. The van der Waals surface area contributed by atoms with Gasteiger partial charge >= 0.3 is 18.4 Å². The minimum absolute atomic E-state index is 0.0280. The van der Waals surface area contributed by atoms with Crippen LogP contribution in [-0.4, -0.2) is 38.1 Å². The van der Waals surface area contributed by atoms with Gasteiger partial charge in [-0.25, -0.2) is 9.78 Å². The Labute approximate surface area is 200 Å². The van der Waals surface area contributed by atoms with E-state index in [9.17, 15) is 31.1 Å². The molecule has 0 bridgehead atoms. The van der Waals surface area contributed by atoms with E-state index in [0.717, 1.165) is 4.68 Å². The number of pyridine rings is 1. The van der Waals surface area contributed by atoms with E-state index in [1.54, 1.807) is 6.92 Å². The number of aryl methyl sites for hydroxylation is 2. The zero-order chi connectivity index (χ0) is 26.8. The number of aromatic nitrogens is 5. The van der Waals surface area contributed by atoms with Crippen molar-refractivity contribution in [3.8, 4) is 17.1 Å². The first-order valence-corrected chi connectivity index (χ1v) is 10.4. The summed E-state index contributed by atoms with van der Waals surface area (Å²) in [6.07, 6.45) is -8.05. The summed E-state index contributed by atoms with van der Waals surface area (Å²) >= 11 is 0. The molecule has 15 heteroatoms. The van der Waals surface area contributed by atoms with Crippen LogP contribution < -0.4 is 15.4 Å². The lowest BCUT2D eigenvalue weighted by Crippen LogP contribution is -2.29. The molecule has 2 amide bonds. The predicted molar refractivity (Wildman–Crippen MR) is 115 cm³/mol. The maximum atomic E-state index is 13.3. The third-order valence-electron chi connectivity index (χ3n) is 4.99. The summed E-state index contributed by atoms with van der Waals surface area (Å²) in [5.41, 5.74) is -1.93. The van der Waals surface area contributed by atoms with Gasteiger partial charge in [0, 0.05) is 18.8 Å². The Kier molecular flexibility index (Phi) is 7.40. The molecule has 3 rings (SSSR count). The SMILES string of the molecule is CCc1c(NC(=O)NCc2cc(C)c(-c3cn(C)nc3C(F)(F)F)nn2)cc(C(F)(F)F)nc1OC. The molecule has 0 saturated heterocycles. The largest absolute Gasteiger partial charge is 0.481 e. The first-order valence-electron chi connectivity index (χ1n) is 10.4. The highest BCUT2D eigenvalue weighted by atomic mass is 19.4. The highest BCUT2D eigenvalue weighted by Crippen LogP contribution is 2.36. The van der Waals surface area contributed by atoms with Crippen LogP contribution in [0.5, 0.6) is 5.88 Å². The molecule has 0 aliphatic rings. The Morgan fingerprint density at radius 2 is 1.81 bits per heavy atom. The van der Waals surface area contributed by atoms with E-state index >= 15 is 0 Å². The van der Waals surface area contributed by atoms with Crippen LogP contribution in [0.2, 0.25) is 0 Å². The summed E-state index contributed by atoms with van der Waals surface area (Å²) in [7, 11) is 2.51. The number of anilines is 1. The fourth-order valence-corrected chi connectivity index (χ4v) is 3.42. The summed E-state index contributed by atoms with van der Waals surface area (Å²) in [4.78, 5) is 15.8. The number of ether oxygens (including phenoxy) is 1. The lowest BCUT2D eigenvalue weighted by atomic mass is 10.1. The minimum Gasteiger partial charge on any atom is -0.481 e. The molecule has 0 aliphatic heterocycles. The van der Waals surface area contributed by atoms with Crippen LogP contribution in [0.15, 0.2) is 18.3 Å². The standard InChI is InChI=1S/C21H21F6N7O2/c1-5-12-14(7-15(20(22,23)24)30-18(12)36-4)29-19(35)28-8-11-6-10(2)16(32-31-11)13-9-34(3)33-17(13)21(25,26)27/h6-7,9H,5,8H2,1-4H3,(H2,28,29,30,35). The summed E-state index contributed by atoms with van der Waals surface area (Å²) in [6, 6.07) is 1.29. The number of halogens is 6. The van der Waals surface area contributed by atoms with Crippen molar-refractivity contribution in [2.75, 3.05) is 12.4 Å². The van der Waals surface area contributed by atoms with E-state index in [-0.39, 0.29) is 47.0 Å². The van der Waals surface area contributed by atoms with Crippen LogP contribution in [0.4, 0.5) is 36.8 Å². The molecule has 0 spiro atoms. The fraction of sp³-hybridized carbons (Fsp3) is 0.381. The van der Waals surface area contributed by atoms with Crippen molar-refractivity contribution in [1.29, 1.82) is 0 Å². The van der Waals surface area contributed by atoms with E-state index in [0.29, 0.717) is 11.6 Å². The van der Waals surface area contributed by atoms with E-state index in [1.165, 1.54) is 33.3 Å². The number of alkyl halides is 6. The number of methoxy groups -OCH3 is 1. The van der Waals surface area contributed by atoms with Crippen molar-refractivity contribution in [2.45, 2.75) is 39.2 Å². The number of carbonyl (C=O) groups excluding carboxylic acids is 1. The number of carbonyl (C=O) groups is 1. The second-order valence-electron chi connectivity index (χ2n) is 7.63. The van der Waals surface area contributed by atoms with E-state index in [1.807, 2.05) is 0 Å². The molecule has 2 N–H and O–H groups in total. The van der Waals surface area contributed by atoms with Crippen LogP contribution in [0, 0.1) is 6.92 Å². The molecular formula is C21H21F6N7O2. The van der Waals surface area contributed by atoms with Crippen molar-refractivity contribution in [2.24, 2.45) is 7.05 Å². The van der Waals surface area contributed by atoms with E-state index in [4.69, 9.17) is 4.74 Å². The second-order valence-corrected chi connectivity index (χ2v) is 7.63. The quantitative estimate of drug-likeness (QED) is 0.466. The topological polar surface area (TPSA) is 107 Å². The number of hydrogen-bond acceptors (Lipinski definition) is 6. The van der Waals surface area contributed by atoms with Gasteiger partial charge in [0.15, 0.2) is 11.4 Å². The van der Waals surface area contributed by atoms with Crippen LogP contribution >= 0.6 is 0 Å². The Bertz CT molecular complexity index is 1270. The van der Waals surface area contributed by atoms with Crippen LogP contribution in [0.25, 0.3) is 11.3 Å². The lowest BCUT2D eigenvalue weighted by molar-refractivity contribution is -0.142. The molecule has 0 fully saturated rings. The van der Waals surface area contributed by atoms with Gasteiger partial charge in [-0.2, -0.15) is 36.5 Å². The molecular weight excluding hydrogens is 496 g/mol. The van der Waals surface area contributed by atoms with Crippen molar-refractivity contribution in [1.82, 2.24) is 30.3 Å². The van der Waals surface area contributed by atoms with Crippen LogP contribution in [-0.2, 0) is 32.4 Å². The summed E-state index contributed by atoms with van der Waals surface area (Å²) in [5.74, 6) is -0.270. The van der Waals surface area contributed by atoms with Gasteiger partial charge in [0.2, 0.25) is 5.88 Å². The maximum Gasteiger partial charge on any atom is 0.435 e. The normalized spacial score (nSPS) is 11.9. The average Bonchev–Trinajstić information content (AvgIpc) is 3.18. The van der Waals surface area contributed by atoms with Crippen molar-refractivity contribution >= 4 is 11.7 Å². The second kappa shape index (κ2) is 9.99. The molecule has 0 atom stereocenters. The third-order valence-corrected chi connectivity index (χ3v) is 4.99. The summed E-state index contributed by atoms with van der Waals surface area (Å²) in [5, 5.41) is 15.9. The monoisotopic (exact) mass is 517 g/mol. The van der Waals surface area contributed by atoms with Gasteiger partial charge < -0.3 is 15.4 Å². The van der Waals surface area contributed by atoms with E-state index in [2.05, 4.69) is 30.9 Å². The molecule has 194 valence electrons. The van der Waals surface area contributed by atoms with Gasteiger partial charge in [-0.3, -0.25) is 4.68 Å². The third kappa shape index (κ3) is 5.83. The van der Waals surface area contributed by atoms with Crippen molar-refractivity contribution in [3.63, 3.8) is 0 Å². The molecule has 36 heavy (non-hydrogen) atoms. The predicted octanol–water partition coefficient (Wildman–Crippen LogP) is 4.51. The van der Waals surface area contributed by atoms with Gasteiger partial charge in [0.1, 0.15) is 0 Å². The smallest absolute Gasteiger partial charge is 0.435 e. The minimum atomic E-state index is -4.76. The number of nitrogens with one attached hydrogen (secondary N) is 2. The number of rotatable bonds is 6. The summed E-state index contributed by atoms with van der Waals surface area (Å²) in [6.45, 7) is 2.98. The van der Waals surface area contributed by atoms with Gasteiger partial charge in [-0.1, -0.05) is 6.92 Å². The Morgan fingerprint density at radius 3 is 2.36 bits per heavy atom. The van der Waals surface area contributed by atoms with Gasteiger partial charge in [0.25, 0.3) is 0 Å². The first-order chi connectivity index (χ1) is 16.7. The van der Waals surface area contributed by atoms with Gasteiger partial charge in [-0.15, -0.1) is 5.10 Å². The number of hydrogen-bond donors (Lipinski definition) is 2. The molecule has 0 radical (unpaired) electrons. The van der Waals surface area contributed by atoms with Crippen LogP contribution in [0.1, 0.15) is 35.1 Å². The first kappa shape index (κ1) is 26.7. The lowest BCUT2D eigenvalue weighted by Gasteiger charge is -2.16. The van der Waals surface area contributed by atoms with Crippen LogP contribution in [0.3, 0.4) is 0 Å². The number of nitrogens with zero attached hydrogens (tertiary/aromatic N) is 5. The highest BCUT2D eigenvalue weighted by molar-refractivity contribution is 5.90. The molecule has 0 aliphatic carbocycles.